The summed E-state index contributed by atoms with van der Waals surface area (Å²) < 4.78 is 28.7. The molecule has 0 heterocycles. The molecule has 0 aromatic heterocycles. The van der Waals surface area contributed by atoms with Crippen LogP contribution >= 0.6 is 23.2 Å². The molecule has 0 saturated heterocycles. The van der Waals surface area contributed by atoms with Crippen LogP contribution in [0.4, 0.5) is 0 Å². The Morgan fingerprint density at radius 3 is 2.33 bits per heavy atom. The number of aryl methyl sites for hydroxylation is 1. The van der Waals surface area contributed by atoms with Gasteiger partial charge in [-0.05, 0) is 36.8 Å². The molecule has 0 aliphatic carbocycles. The lowest BCUT2D eigenvalue weighted by atomic mass is 10.2. The summed E-state index contributed by atoms with van der Waals surface area (Å²) in [6, 6.07) is 9.83. The Labute approximate surface area is 133 Å². The van der Waals surface area contributed by atoms with Gasteiger partial charge in [0.15, 0.2) is 0 Å². The van der Waals surface area contributed by atoms with E-state index in [9.17, 15) is 8.42 Å². The zero-order valence-electron chi connectivity index (χ0n) is 11.1. The molecule has 21 heavy (non-hydrogen) atoms. The van der Waals surface area contributed by atoms with E-state index in [1.54, 1.807) is 37.3 Å². The normalized spacial score (nSPS) is 11.4. The molecule has 7 heteroatoms. The zero-order valence-corrected chi connectivity index (χ0v) is 13.5. The maximum Gasteiger partial charge on any atom is 0.241 e. The summed E-state index contributed by atoms with van der Waals surface area (Å²) in [5, 5.41) is 6.10. The average Bonchev–Trinajstić information content (AvgIpc) is 2.38. The summed E-state index contributed by atoms with van der Waals surface area (Å²) in [6.45, 7) is 1.81. The lowest BCUT2D eigenvalue weighted by Gasteiger charge is -2.12. The third-order valence-corrected chi connectivity index (χ3v) is 4.48. The van der Waals surface area contributed by atoms with Crippen molar-refractivity contribution in [1.82, 2.24) is 0 Å². The molecule has 0 fully saturated rings. The Morgan fingerprint density at radius 1 is 1.14 bits per heavy atom. The SMILES string of the molecule is Cc1ccc(OCc2c(Cl)cccc2Cl)c(S(N)(=O)=O)c1. The van der Waals surface area contributed by atoms with Crippen LogP contribution in [-0.4, -0.2) is 8.42 Å². The van der Waals surface area contributed by atoms with Crippen molar-refractivity contribution in [1.29, 1.82) is 0 Å². The molecule has 0 amide bonds. The lowest BCUT2D eigenvalue weighted by Crippen LogP contribution is -2.14. The zero-order chi connectivity index (χ0) is 15.6. The minimum Gasteiger partial charge on any atom is -0.487 e. The van der Waals surface area contributed by atoms with Gasteiger partial charge in [0, 0.05) is 15.6 Å². The molecule has 0 radical (unpaired) electrons. The topological polar surface area (TPSA) is 69.4 Å². The number of hydrogen-bond acceptors (Lipinski definition) is 3. The van der Waals surface area contributed by atoms with E-state index in [0.29, 0.717) is 15.6 Å². The molecule has 0 bridgehead atoms. The van der Waals surface area contributed by atoms with Gasteiger partial charge in [-0.2, -0.15) is 0 Å². The first-order chi connectivity index (χ1) is 9.79. The number of primary sulfonamides is 1. The van der Waals surface area contributed by atoms with E-state index in [1.165, 1.54) is 6.07 Å². The number of hydrogen-bond donors (Lipinski definition) is 1. The fraction of sp³-hybridized carbons (Fsp3) is 0.143. The van der Waals surface area contributed by atoms with Crippen LogP contribution in [0.5, 0.6) is 5.75 Å². The molecule has 2 aromatic rings. The van der Waals surface area contributed by atoms with Crippen molar-refractivity contribution in [3.8, 4) is 5.75 Å². The number of sulfonamides is 1. The van der Waals surface area contributed by atoms with Crippen LogP contribution in [-0.2, 0) is 16.6 Å². The summed E-state index contributed by atoms with van der Waals surface area (Å²) in [5.74, 6) is 0.166. The van der Waals surface area contributed by atoms with Gasteiger partial charge in [-0.25, -0.2) is 13.6 Å². The highest BCUT2D eigenvalue weighted by Crippen LogP contribution is 2.28. The van der Waals surface area contributed by atoms with Crippen molar-refractivity contribution < 1.29 is 13.2 Å². The summed E-state index contributed by atoms with van der Waals surface area (Å²) >= 11 is 12.1. The standard InChI is InChI=1S/C14H13Cl2NO3S/c1-9-5-6-13(14(7-9)21(17,18)19)20-8-10-11(15)3-2-4-12(10)16/h2-7H,8H2,1H3,(H2,17,18,19). The molecule has 0 aliphatic rings. The molecule has 2 rings (SSSR count). The van der Waals surface area contributed by atoms with Gasteiger partial charge in [0.25, 0.3) is 0 Å². The van der Waals surface area contributed by atoms with Gasteiger partial charge in [0.05, 0.1) is 0 Å². The van der Waals surface area contributed by atoms with E-state index in [1.807, 2.05) is 0 Å². The Morgan fingerprint density at radius 2 is 1.76 bits per heavy atom. The predicted octanol–water partition coefficient (Wildman–Crippen LogP) is 3.53. The number of ether oxygens (including phenoxy) is 1. The maximum atomic E-state index is 11.6. The van der Waals surface area contributed by atoms with E-state index in [-0.39, 0.29) is 17.3 Å². The quantitative estimate of drug-likeness (QED) is 0.921. The molecular formula is C14H13Cl2NO3S. The number of rotatable bonds is 4. The van der Waals surface area contributed by atoms with Crippen LogP contribution in [0.1, 0.15) is 11.1 Å². The molecule has 2 N–H and O–H groups in total. The van der Waals surface area contributed by atoms with Gasteiger partial charge in [0.1, 0.15) is 17.3 Å². The van der Waals surface area contributed by atoms with Crippen LogP contribution in [0.2, 0.25) is 10.0 Å². The molecular weight excluding hydrogens is 333 g/mol. The fourth-order valence-electron chi connectivity index (χ4n) is 1.78. The number of nitrogens with two attached hydrogens (primary N) is 1. The largest absolute Gasteiger partial charge is 0.487 e. The number of benzene rings is 2. The van der Waals surface area contributed by atoms with Crippen molar-refractivity contribution in [3.05, 3.63) is 57.6 Å². The summed E-state index contributed by atoms with van der Waals surface area (Å²) in [5.41, 5.74) is 1.35. The number of halogens is 2. The Balaban J connectivity index is 2.33. The highest BCUT2D eigenvalue weighted by molar-refractivity contribution is 7.89. The third-order valence-electron chi connectivity index (χ3n) is 2.84. The first kappa shape index (κ1) is 16.1. The predicted molar refractivity (Wildman–Crippen MR) is 83.3 cm³/mol. The van der Waals surface area contributed by atoms with E-state index < -0.39 is 10.0 Å². The van der Waals surface area contributed by atoms with E-state index in [0.717, 1.165) is 5.56 Å². The van der Waals surface area contributed by atoms with E-state index in [4.69, 9.17) is 33.1 Å². The van der Waals surface area contributed by atoms with Crippen molar-refractivity contribution in [2.75, 3.05) is 0 Å². The summed E-state index contributed by atoms with van der Waals surface area (Å²) in [4.78, 5) is -0.0642. The highest BCUT2D eigenvalue weighted by Gasteiger charge is 2.16. The van der Waals surface area contributed by atoms with Gasteiger partial charge in [-0.15, -0.1) is 0 Å². The van der Waals surface area contributed by atoms with Gasteiger partial charge in [-0.3, -0.25) is 0 Å². The van der Waals surface area contributed by atoms with Gasteiger partial charge in [0.2, 0.25) is 10.0 Å². The molecule has 0 unspecified atom stereocenters. The van der Waals surface area contributed by atoms with Gasteiger partial charge in [-0.1, -0.05) is 35.3 Å². The second kappa shape index (κ2) is 6.23. The van der Waals surface area contributed by atoms with Crippen LogP contribution in [0.15, 0.2) is 41.3 Å². The second-order valence-electron chi connectivity index (χ2n) is 4.48. The minimum absolute atomic E-state index is 0.0457. The molecule has 4 nitrogen and oxygen atoms in total. The smallest absolute Gasteiger partial charge is 0.241 e. The van der Waals surface area contributed by atoms with E-state index >= 15 is 0 Å². The van der Waals surface area contributed by atoms with Gasteiger partial charge >= 0.3 is 0 Å². The lowest BCUT2D eigenvalue weighted by molar-refractivity contribution is 0.298. The molecule has 0 spiro atoms. The van der Waals surface area contributed by atoms with Crippen LogP contribution in [0.25, 0.3) is 0 Å². The van der Waals surface area contributed by atoms with Crippen molar-refractivity contribution in [3.63, 3.8) is 0 Å². The van der Waals surface area contributed by atoms with Crippen LogP contribution in [0.3, 0.4) is 0 Å². The van der Waals surface area contributed by atoms with Crippen LogP contribution in [0, 0.1) is 6.92 Å². The molecule has 0 aliphatic heterocycles. The monoisotopic (exact) mass is 345 g/mol. The van der Waals surface area contributed by atoms with Crippen molar-refractivity contribution >= 4 is 33.2 Å². The highest BCUT2D eigenvalue weighted by atomic mass is 35.5. The average molecular weight is 346 g/mol. The molecule has 2 aromatic carbocycles. The first-order valence-electron chi connectivity index (χ1n) is 5.98. The fourth-order valence-corrected chi connectivity index (χ4v) is 3.04. The van der Waals surface area contributed by atoms with Crippen molar-refractivity contribution in [2.24, 2.45) is 5.14 Å². The second-order valence-corrected chi connectivity index (χ2v) is 6.83. The maximum absolute atomic E-state index is 11.6. The molecule has 0 atom stereocenters. The Hall–Kier alpha value is -1.27. The molecule has 112 valence electrons. The Bertz CT molecular complexity index is 756. The van der Waals surface area contributed by atoms with E-state index in [2.05, 4.69) is 0 Å². The van der Waals surface area contributed by atoms with Crippen molar-refractivity contribution in [2.45, 2.75) is 18.4 Å². The summed E-state index contributed by atoms with van der Waals surface area (Å²) in [7, 11) is -3.87. The van der Waals surface area contributed by atoms with Gasteiger partial charge < -0.3 is 4.74 Å². The first-order valence-corrected chi connectivity index (χ1v) is 8.28. The van der Waals surface area contributed by atoms with Crippen LogP contribution < -0.4 is 9.88 Å². The Kier molecular flexibility index (Phi) is 4.78. The third kappa shape index (κ3) is 3.89. The molecule has 0 saturated carbocycles. The summed E-state index contributed by atoms with van der Waals surface area (Å²) in [6.07, 6.45) is 0. The minimum atomic E-state index is -3.87.